The van der Waals surface area contributed by atoms with Gasteiger partial charge in [0.15, 0.2) is 0 Å². The van der Waals surface area contributed by atoms with Crippen LogP contribution in [-0.2, 0) is 11.3 Å². The van der Waals surface area contributed by atoms with E-state index < -0.39 is 0 Å². The first-order valence-electron chi connectivity index (χ1n) is 6.68. The smallest absolute Gasteiger partial charge is 0.119 e. The van der Waals surface area contributed by atoms with Gasteiger partial charge in [0.1, 0.15) is 5.75 Å². The molecule has 1 aromatic rings. The highest BCUT2D eigenvalue weighted by Gasteiger charge is 2.21. The van der Waals surface area contributed by atoms with Crippen LogP contribution in [0.4, 0.5) is 0 Å². The van der Waals surface area contributed by atoms with E-state index in [1.807, 2.05) is 18.2 Å². The molecule has 19 heavy (non-hydrogen) atoms. The van der Waals surface area contributed by atoms with Crippen molar-refractivity contribution in [2.75, 3.05) is 20.3 Å². The second-order valence-corrected chi connectivity index (χ2v) is 4.76. The first kappa shape index (κ1) is 13.9. The first-order chi connectivity index (χ1) is 9.33. The number of aliphatic hydroxyl groups excluding tert-OH is 1. The minimum atomic E-state index is 0.0939. The largest absolute Gasteiger partial charge is 0.497 e. The maximum Gasteiger partial charge on any atom is 0.119 e. The van der Waals surface area contributed by atoms with Crippen molar-refractivity contribution >= 4 is 0 Å². The Hall–Kier alpha value is -1.50. The van der Waals surface area contributed by atoms with Crippen LogP contribution < -0.4 is 4.74 Å². The fourth-order valence-electron chi connectivity index (χ4n) is 1.77. The summed E-state index contributed by atoms with van der Waals surface area (Å²) in [7, 11) is 1.65. The zero-order valence-electron chi connectivity index (χ0n) is 11.3. The minimum Gasteiger partial charge on any atom is -0.497 e. The third-order valence-corrected chi connectivity index (χ3v) is 3.08. The van der Waals surface area contributed by atoms with Crippen LogP contribution in [0.3, 0.4) is 0 Å². The number of hydrogen-bond donors (Lipinski definition) is 1. The summed E-state index contributed by atoms with van der Waals surface area (Å²) in [6.07, 6.45) is 3.08. The van der Waals surface area contributed by atoms with E-state index >= 15 is 0 Å². The molecule has 3 heteroatoms. The molecule has 0 radical (unpaired) electrons. The standard InChI is InChI=1S/C16H20O3/c1-18-16-8-7-14(4-2-3-9-17)15(10-16)12-19-11-13-5-6-13/h7-8,10,13,17H,3,5-6,9,11-12H2,1H3. The van der Waals surface area contributed by atoms with E-state index in [0.29, 0.717) is 13.0 Å². The minimum absolute atomic E-state index is 0.0939. The van der Waals surface area contributed by atoms with E-state index in [1.165, 1.54) is 12.8 Å². The third-order valence-electron chi connectivity index (χ3n) is 3.08. The SMILES string of the molecule is COc1ccc(C#CCCO)c(COCC2CC2)c1. The quantitative estimate of drug-likeness (QED) is 0.798. The van der Waals surface area contributed by atoms with E-state index in [2.05, 4.69) is 11.8 Å². The summed E-state index contributed by atoms with van der Waals surface area (Å²) in [4.78, 5) is 0. The lowest BCUT2D eigenvalue weighted by molar-refractivity contribution is 0.111. The predicted molar refractivity (Wildman–Crippen MR) is 74.0 cm³/mol. The van der Waals surface area contributed by atoms with E-state index in [0.717, 1.165) is 29.4 Å². The van der Waals surface area contributed by atoms with Crippen LogP contribution in [0, 0.1) is 17.8 Å². The molecule has 102 valence electrons. The summed E-state index contributed by atoms with van der Waals surface area (Å²) >= 11 is 0. The molecule has 3 nitrogen and oxygen atoms in total. The van der Waals surface area contributed by atoms with Crippen molar-refractivity contribution in [2.45, 2.75) is 25.9 Å². The second kappa shape index (κ2) is 7.18. The first-order valence-corrected chi connectivity index (χ1v) is 6.68. The molecular weight excluding hydrogens is 240 g/mol. The Bertz CT molecular complexity index is 467. The molecule has 0 saturated heterocycles. The van der Waals surface area contributed by atoms with Crippen molar-refractivity contribution in [3.8, 4) is 17.6 Å². The van der Waals surface area contributed by atoms with Crippen LogP contribution in [0.2, 0.25) is 0 Å². The van der Waals surface area contributed by atoms with Crippen molar-refractivity contribution in [3.63, 3.8) is 0 Å². The molecule has 0 atom stereocenters. The monoisotopic (exact) mass is 260 g/mol. The topological polar surface area (TPSA) is 38.7 Å². The Morgan fingerprint density at radius 2 is 2.21 bits per heavy atom. The number of methoxy groups -OCH3 is 1. The Morgan fingerprint density at radius 3 is 2.89 bits per heavy atom. The molecular formula is C16H20O3. The van der Waals surface area contributed by atoms with Crippen LogP contribution in [0.1, 0.15) is 30.4 Å². The van der Waals surface area contributed by atoms with Crippen molar-refractivity contribution in [2.24, 2.45) is 5.92 Å². The Kier molecular flexibility index (Phi) is 5.26. The number of ether oxygens (including phenoxy) is 2. The summed E-state index contributed by atoms with van der Waals surface area (Å²) in [5.74, 6) is 7.59. The average molecular weight is 260 g/mol. The van der Waals surface area contributed by atoms with Gasteiger partial charge in [-0.1, -0.05) is 11.8 Å². The number of aliphatic hydroxyl groups is 1. The molecule has 2 rings (SSSR count). The molecule has 0 spiro atoms. The third kappa shape index (κ3) is 4.59. The van der Waals surface area contributed by atoms with Gasteiger partial charge in [-0.05, 0) is 42.5 Å². The lowest BCUT2D eigenvalue weighted by atomic mass is 10.1. The lowest BCUT2D eigenvalue weighted by Crippen LogP contribution is -2.00. The molecule has 0 heterocycles. The fraction of sp³-hybridized carbons (Fsp3) is 0.500. The molecule has 0 unspecified atom stereocenters. The lowest BCUT2D eigenvalue weighted by Gasteiger charge is -2.08. The summed E-state index contributed by atoms with van der Waals surface area (Å²) in [5.41, 5.74) is 2.00. The van der Waals surface area contributed by atoms with E-state index in [9.17, 15) is 0 Å². The molecule has 0 aromatic heterocycles. The summed E-state index contributed by atoms with van der Waals surface area (Å²) in [5, 5.41) is 8.76. The molecule has 1 saturated carbocycles. The molecule has 1 fully saturated rings. The normalized spacial score (nSPS) is 13.8. The Labute approximate surface area is 114 Å². The number of hydrogen-bond acceptors (Lipinski definition) is 3. The van der Waals surface area contributed by atoms with Gasteiger partial charge in [-0.3, -0.25) is 0 Å². The highest BCUT2D eigenvalue weighted by Crippen LogP contribution is 2.29. The number of rotatable bonds is 6. The van der Waals surface area contributed by atoms with Gasteiger partial charge in [-0.25, -0.2) is 0 Å². The van der Waals surface area contributed by atoms with Crippen LogP contribution in [0.5, 0.6) is 5.75 Å². The Balaban J connectivity index is 2.03. The van der Waals surface area contributed by atoms with Gasteiger partial charge in [0, 0.05) is 18.6 Å². The molecule has 1 aromatic carbocycles. The van der Waals surface area contributed by atoms with Gasteiger partial charge in [0.2, 0.25) is 0 Å². The molecule has 0 bridgehead atoms. The molecule has 0 amide bonds. The van der Waals surface area contributed by atoms with Crippen LogP contribution in [0.25, 0.3) is 0 Å². The second-order valence-electron chi connectivity index (χ2n) is 4.76. The van der Waals surface area contributed by atoms with E-state index in [4.69, 9.17) is 14.6 Å². The van der Waals surface area contributed by atoms with E-state index in [1.54, 1.807) is 7.11 Å². The highest BCUT2D eigenvalue weighted by molar-refractivity contribution is 5.45. The summed E-state index contributed by atoms with van der Waals surface area (Å²) < 4.78 is 10.9. The predicted octanol–water partition coefficient (Wildman–Crippen LogP) is 2.36. The summed E-state index contributed by atoms with van der Waals surface area (Å²) in [6.45, 7) is 1.49. The van der Waals surface area contributed by atoms with Gasteiger partial charge in [0.05, 0.1) is 20.3 Å². The van der Waals surface area contributed by atoms with E-state index in [-0.39, 0.29) is 6.61 Å². The van der Waals surface area contributed by atoms with Gasteiger partial charge in [-0.15, -0.1) is 0 Å². The van der Waals surface area contributed by atoms with Crippen LogP contribution in [0.15, 0.2) is 18.2 Å². The van der Waals surface area contributed by atoms with Gasteiger partial charge in [0.25, 0.3) is 0 Å². The molecule has 1 aliphatic rings. The van der Waals surface area contributed by atoms with Crippen molar-refractivity contribution in [1.82, 2.24) is 0 Å². The van der Waals surface area contributed by atoms with Gasteiger partial charge in [-0.2, -0.15) is 0 Å². The van der Waals surface area contributed by atoms with Crippen LogP contribution in [-0.4, -0.2) is 25.4 Å². The Morgan fingerprint density at radius 1 is 1.37 bits per heavy atom. The molecule has 1 N–H and O–H groups in total. The van der Waals surface area contributed by atoms with Crippen molar-refractivity contribution < 1.29 is 14.6 Å². The maximum atomic E-state index is 8.76. The van der Waals surface area contributed by atoms with Gasteiger partial charge < -0.3 is 14.6 Å². The molecule has 0 aliphatic heterocycles. The van der Waals surface area contributed by atoms with Crippen molar-refractivity contribution in [3.05, 3.63) is 29.3 Å². The fourth-order valence-corrected chi connectivity index (χ4v) is 1.77. The van der Waals surface area contributed by atoms with Crippen molar-refractivity contribution in [1.29, 1.82) is 0 Å². The van der Waals surface area contributed by atoms with Gasteiger partial charge >= 0.3 is 0 Å². The molecule has 1 aliphatic carbocycles. The maximum absolute atomic E-state index is 8.76. The summed E-state index contributed by atoms with van der Waals surface area (Å²) in [6, 6.07) is 5.81. The van der Waals surface area contributed by atoms with Crippen LogP contribution >= 0.6 is 0 Å². The zero-order valence-corrected chi connectivity index (χ0v) is 11.3. The highest BCUT2D eigenvalue weighted by atomic mass is 16.5. The number of benzene rings is 1. The zero-order chi connectivity index (χ0) is 13.5. The average Bonchev–Trinajstić information content (AvgIpc) is 3.24.